The van der Waals surface area contributed by atoms with Crippen LogP contribution in [0.15, 0.2) is 24.3 Å². The van der Waals surface area contributed by atoms with Gasteiger partial charge in [0.2, 0.25) is 0 Å². The van der Waals surface area contributed by atoms with Gasteiger partial charge in [0.05, 0.1) is 11.7 Å². The fourth-order valence-electron chi connectivity index (χ4n) is 2.36. The number of fused-ring (bicyclic) bond motifs is 1. The molecule has 0 bridgehead atoms. The molecule has 0 amide bonds. The summed E-state index contributed by atoms with van der Waals surface area (Å²) in [7, 11) is 0. The second kappa shape index (κ2) is 8.37. The van der Waals surface area contributed by atoms with E-state index in [9.17, 15) is 15.0 Å². The third-order valence-electron chi connectivity index (χ3n) is 3.41. The molecule has 0 spiro atoms. The van der Waals surface area contributed by atoms with Crippen molar-refractivity contribution in [1.82, 2.24) is 4.98 Å². The summed E-state index contributed by atoms with van der Waals surface area (Å²) in [4.78, 5) is 15.0. The third-order valence-corrected chi connectivity index (χ3v) is 3.41. The number of carboxylic acid groups (broad SMARTS) is 1. The minimum Gasteiger partial charge on any atom is -0.543 e. The number of aromatic nitrogens is 1. The fraction of sp³-hybridized carbons (Fsp3) is 0.375. The molecule has 2 aromatic rings. The van der Waals surface area contributed by atoms with Gasteiger partial charge in [-0.15, -0.1) is 0 Å². The summed E-state index contributed by atoms with van der Waals surface area (Å²) in [5.74, 6) is -1.31. The molecule has 1 heterocycles. The SMILES string of the molecule is CCCCCCc1cc(C(=O)[O-])nc2c(O)cccc12.[Na+]. The van der Waals surface area contributed by atoms with Gasteiger partial charge in [0.25, 0.3) is 0 Å². The number of carbonyl (C=O) groups is 1. The maximum Gasteiger partial charge on any atom is 1.00 e. The first-order valence-electron chi connectivity index (χ1n) is 6.96. The van der Waals surface area contributed by atoms with Crippen LogP contribution in [-0.2, 0) is 6.42 Å². The van der Waals surface area contributed by atoms with Crippen molar-refractivity contribution < 1.29 is 44.6 Å². The number of para-hydroxylation sites is 1. The van der Waals surface area contributed by atoms with E-state index in [1.165, 1.54) is 12.5 Å². The molecule has 0 fully saturated rings. The Morgan fingerprint density at radius 2 is 2.05 bits per heavy atom. The summed E-state index contributed by atoms with van der Waals surface area (Å²) in [5, 5.41) is 21.7. The summed E-state index contributed by atoms with van der Waals surface area (Å²) in [6.07, 6.45) is 5.21. The zero-order chi connectivity index (χ0) is 14.5. The number of rotatable bonds is 6. The molecule has 0 radical (unpaired) electrons. The van der Waals surface area contributed by atoms with Crippen molar-refractivity contribution in [3.8, 4) is 5.75 Å². The van der Waals surface area contributed by atoms with Crippen molar-refractivity contribution in [2.24, 2.45) is 0 Å². The van der Waals surface area contributed by atoms with Crippen molar-refractivity contribution in [1.29, 1.82) is 0 Å². The van der Waals surface area contributed by atoms with Gasteiger partial charge in [-0.1, -0.05) is 38.3 Å². The van der Waals surface area contributed by atoms with Crippen LogP contribution in [0.1, 0.15) is 48.7 Å². The third kappa shape index (κ3) is 4.43. The van der Waals surface area contributed by atoms with E-state index in [0.29, 0.717) is 5.52 Å². The molecule has 4 nitrogen and oxygen atoms in total. The number of benzene rings is 1. The van der Waals surface area contributed by atoms with E-state index in [1.54, 1.807) is 12.1 Å². The van der Waals surface area contributed by atoms with Gasteiger partial charge < -0.3 is 15.0 Å². The van der Waals surface area contributed by atoms with Gasteiger partial charge in [-0.25, -0.2) is 4.98 Å². The summed E-state index contributed by atoms with van der Waals surface area (Å²) >= 11 is 0. The predicted octanol–water partition coefficient (Wildman–Crippen LogP) is -0.569. The summed E-state index contributed by atoms with van der Waals surface area (Å²) in [6, 6.07) is 6.67. The number of phenolic OH excluding ortho intramolecular Hbond substituents is 1. The number of aromatic carboxylic acids is 1. The Kier molecular flexibility index (Phi) is 7.15. The molecule has 5 heteroatoms. The topological polar surface area (TPSA) is 73.2 Å². The average Bonchev–Trinajstić information content (AvgIpc) is 2.44. The number of unbranched alkanes of at least 4 members (excludes halogenated alkanes) is 3. The quantitative estimate of drug-likeness (QED) is 0.572. The van der Waals surface area contributed by atoms with Crippen LogP contribution in [0.3, 0.4) is 0 Å². The maximum atomic E-state index is 11.0. The van der Waals surface area contributed by atoms with Gasteiger partial charge in [-0.05, 0) is 30.5 Å². The van der Waals surface area contributed by atoms with Crippen LogP contribution in [0.5, 0.6) is 5.75 Å². The largest absolute Gasteiger partial charge is 1.00 e. The van der Waals surface area contributed by atoms with Crippen molar-refractivity contribution in [2.75, 3.05) is 0 Å². The normalized spacial score (nSPS) is 10.3. The first-order chi connectivity index (χ1) is 9.63. The van der Waals surface area contributed by atoms with Gasteiger partial charge >= 0.3 is 29.6 Å². The van der Waals surface area contributed by atoms with E-state index in [4.69, 9.17) is 0 Å². The zero-order valence-corrected chi connectivity index (χ0v) is 14.6. The summed E-state index contributed by atoms with van der Waals surface area (Å²) < 4.78 is 0. The zero-order valence-electron chi connectivity index (χ0n) is 12.6. The van der Waals surface area contributed by atoms with Crippen LogP contribution in [0, 0.1) is 0 Å². The number of carboxylic acids is 1. The molecular weight excluding hydrogens is 277 g/mol. The average molecular weight is 295 g/mol. The first-order valence-corrected chi connectivity index (χ1v) is 6.96. The van der Waals surface area contributed by atoms with Gasteiger partial charge in [-0.2, -0.15) is 0 Å². The van der Waals surface area contributed by atoms with Gasteiger partial charge in [0.1, 0.15) is 11.3 Å². The molecule has 1 N–H and O–H groups in total. The molecule has 0 aliphatic carbocycles. The van der Waals surface area contributed by atoms with E-state index < -0.39 is 5.97 Å². The molecule has 21 heavy (non-hydrogen) atoms. The van der Waals surface area contributed by atoms with E-state index >= 15 is 0 Å². The molecule has 0 aliphatic rings. The van der Waals surface area contributed by atoms with E-state index in [1.807, 2.05) is 6.07 Å². The molecule has 0 atom stereocenters. The molecule has 2 rings (SSSR count). The molecule has 0 saturated heterocycles. The second-order valence-electron chi connectivity index (χ2n) is 4.94. The molecule has 0 unspecified atom stereocenters. The van der Waals surface area contributed by atoms with Crippen molar-refractivity contribution in [3.05, 3.63) is 35.5 Å². The predicted molar refractivity (Wildman–Crippen MR) is 75.6 cm³/mol. The number of aromatic hydroxyl groups is 1. The van der Waals surface area contributed by atoms with Gasteiger partial charge in [0, 0.05) is 5.39 Å². The van der Waals surface area contributed by atoms with Crippen LogP contribution in [0.4, 0.5) is 0 Å². The summed E-state index contributed by atoms with van der Waals surface area (Å²) in [5.41, 5.74) is 1.12. The maximum absolute atomic E-state index is 11.0. The van der Waals surface area contributed by atoms with E-state index in [2.05, 4.69) is 11.9 Å². The fourth-order valence-corrected chi connectivity index (χ4v) is 2.36. The number of aryl methyl sites for hydroxylation is 1. The van der Waals surface area contributed by atoms with Crippen LogP contribution in [0.2, 0.25) is 0 Å². The molecule has 1 aromatic heterocycles. The van der Waals surface area contributed by atoms with Crippen LogP contribution in [0.25, 0.3) is 10.9 Å². The molecular formula is C16H18NNaO3. The standard InChI is InChI=1S/C16H19NO3.Na/c1-2-3-4-5-7-11-10-13(16(19)20)17-15-12(11)8-6-9-14(15)18;/h6,8-10,18H,2-5,7H2,1H3,(H,19,20);/q;+1/p-1. The van der Waals surface area contributed by atoms with Crippen molar-refractivity contribution >= 4 is 16.9 Å². The minimum atomic E-state index is -1.31. The minimum absolute atomic E-state index is 0. The Morgan fingerprint density at radius 3 is 2.71 bits per heavy atom. The van der Waals surface area contributed by atoms with Gasteiger partial charge in [-0.3, -0.25) is 0 Å². The molecule has 0 saturated carbocycles. The Morgan fingerprint density at radius 1 is 1.29 bits per heavy atom. The van der Waals surface area contributed by atoms with Gasteiger partial charge in [0.15, 0.2) is 0 Å². The number of nitrogens with zero attached hydrogens (tertiary/aromatic N) is 1. The Balaban J connectivity index is 0.00000220. The number of hydrogen-bond acceptors (Lipinski definition) is 4. The van der Waals surface area contributed by atoms with E-state index in [-0.39, 0.29) is 41.0 Å². The molecule has 0 aliphatic heterocycles. The Hall–Kier alpha value is -1.10. The monoisotopic (exact) mass is 295 g/mol. The number of hydrogen-bond donors (Lipinski definition) is 1. The first kappa shape index (κ1) is 18.0. The second-order valence-corrected chi connectivity index (χ2v) is 4.94. The molecule has 106 valence electrons. The summed E-state index contributed by atoms with van der Waals surface area (Å²) in [6.45, 7) is 2.15. The van der Waals surface area contributed by atoms with Crippen molar-refractivity contribution in [3.63, 3.8) is 0 Å². The van der Waals surface area contributed by atoms with Crippen LogP contribution >= 0.6 is 0 Å². The smallest absolute Gasteiger partial charge is 0.543 e. The van der Waals surface area contributed by atoms with Crippen LogP contribution < -0.4 is 34.7 Å². The van der Waals surface area contributed by atoms with Crippen LogP contribution in [-0.4, -0.2) is 16.1 Å². The van der Waals surface area contributed by atoms with Crippen molar-refractivity contribution in [2.45, 2.75) is 39.0 Å². The Labute approximate surface area is 146 Å². The molecule has 1 aromatic carbocycles. The number of phenols is 1. The van der Waals surface area contributed by atoms with E-state index in [0.717, 1.165) is 36.6 Å². The number of pyridine rings is 1. The Bertz CT molecular complexity index is 628. The number of carbonyl (C=O) groups excluding carboxylic acids is 1.